The molecule has 2 heterocycles. The van der Waals surface area contributed by atoms with Gasteiger partial charge in [-0.05, 0) is 29.7 Å². The molecule has 0 aliphatic rings. The third-order valence-electron chi connectivity index (χ3n) is 3.95. The average molecular weight is 342 g/mol. The van der Waals surface area contributed by atoms with Crippen molar-refractivity contribution in [2.75, 3.05) is 4.90 Å². The third kappa shape index (κ3) is 3.22. The molecule has 0 atom stereocenters. The lowest BCUT2D eigenvalue weighted by Gasteiger charge is -2.20. The first-order valence-electron chi connectivity index (χ1n) is 8.20. The van der Waals surface area contributed by atoms with Gasteiger partial charge in [0.15, 0.2) is 5.13 Å². The maximum Gasteiger partial charge on any atom is 0.231 e. The highest BCUT2D eigenvalue weighted by atomic mass is 32.1. The topological polar surface area (TPSA) is 46.3 Å². The fourth-order valence-corrected chi connectivity index (χ4v) is 3.65. The van der Waals surface area contributed by atoms with Crippen LogP contribution in [0.5, 0.6) is 0 Å². The van der Waals surface area contributed by atoms with Crippen molar-refractivity contribution in [1.29, 1.82) is 0 Å². The molecule has 0 bridgehead atoms. The molecule has 3 aromatic rings. The van der Waals surface area contributed by atoms with Crippen molar-refractivity contribution >= 4 is 32.6 Å². The van der Waals surface area contributed by atoms with E-state index in [1.54, 1.807) is 22.5 Å². The summed E-state index contributed by atoms with van der Waals surface area (Å²) in [5.74, 6) is 1.10. The lowest BCUT2D eigenvalue weighted by molar-refractivity contribution is -0.121. The first kappa shape index (κ1) is 16.7. The number of nitrogens with zero attached hydrogens (tertiary/aromatic N) is 2. The highest BCUT2D eigenvalue weighted by Gasteiger charge is 2.24. The predicted molar refractivity (Wildman–Crippen MR) is 98.4 cm³/mol. The number of carbonyl (C=O) groups excluding carboxylic acids is 1. The van der Waals surface area contributed by atoms with Crippen molar-refractivity contribution in [3.05, 3.63) is 47.9 Å². The number of carbonyl (C=O) groups is 1. The number of para-hydroxylation sites is 1. The number of amides is 1. The maximum atomic E-state index is 12.7. The number of furan rings is 1. The summed E-state index contributed by atoms with van der Waals surface area (Å²) in [7, 11) is 0. The molecule has 4 nitrogen and oxygen atoms in total. The van der Waals surface area contributed by atoms with E-state index in [9.17, 15) is 4.79 Å². The Morgan fingerprint density at radius 2 is 2.00 bits per heavy atom. The van der Waals surface area contributed by atoms with Crippen molar-refractivity contribution in [3.8, 4) is 0 Å². The Morgan fingerprint density at radius 1 is 1.21 bits per heavy atom. The second-order valence-corrected chi connectivity index (χ2v) is 7.51. The lowest BCUT2D eigenvalue weighted by atomic mass is 10.0. The van der Waals surface area contributed by atoms with Gasteiger partial charge in [-0.15, -0.1) is 0 Å². The largest absolute Gasteiger partial charge is 0.467 e. The standard InChI is InChI=1S/C19H22N2O2S/c1-12(2)15-8-5-9-16-17(15)20-19(24-16)21(18(22)13(3)4)11-14-7-6-10-23-14/h5-10,12-13H,11H2,1-4H3. The average Bonchev–Trinajstić information content (AvgIpc) is 3.20. The molecule has 24 heavy (non-hydrogen) atoms. The summed E-state index contributed by atoms with van der Waals surface area (Å²) in [6, 6.07) is 9.95. The van der Waals surface area contributed by atoms with Gasteiger partial charge in [0, 0.05) is 5.92 Å². The van der Waals surface area contributed by atoms with Gasteiger partial charge in [0.1, 0.15) is 5.76 Å². The van der Waals surface area contributed by atoms with Gasteiger partial charge >= 0.3 is 0 Å². The fourth-order valence-electron chi connectivity index (χ4n) is 2.65. The lowest BCUT2D eigenvalue weighted by Crippen LogP contribution is -2.33. The quantitative estimate of drug-likeness (QED) is 0.640. The van der Waals surface area contributed by atoms with Crippen LogP contribution in [0.4, 0.5) is 5.13 Å². The van der Waals surface area contributed by atoms with Gasteiger partial charge in [0.25, 0.3) is 0 Å². The Kier molecular flexibility index (Phi) is 4.71. The van der Waals surface area contributed by atoms with Gasteiger partial charge in [-0.1, -0.05) is 51.2 Å². The van der Waals surface area contributed by atoms with E-state index < -0.39 is 0 Å². The second-order valence-electron chi connectivity index (χ2n) is 6.50. The fraction of sp³-hybridized carbons (Fsp3) is 0.368. The molecule has 0 saturated carbocycles. The smallest absolute Gasteiger partial charge is 0.231 e. The molecule has 1 amide bonds. The molecule has 0 N–H and O–H groups in total. The number of rotatable bonds is 5. The SMILES string of the molecule is CC(C)C(=O)N(Cc1ccco1)c1nc2c(C(C)C)cccc2s1. The first-order chi connectivity index (χ1) is 11.5. The monoisotopic (exact) mass is 342 g/mol. The summed E-state index contributed by atoms with van der Waals surface area (Å²) < 4.78 is 6.54. The van der Waals surface area contributed by atoms with E-state index in [1.807, 2.05) is 26.0 Å². The summed E-state index contributed by atoms with van der Waals surface area (Å²) in [6.07, 6.45) is 1.63. The molecule has 1 aromatic carbocycles. The van der Waals surface area contributed by atoms with Crippen LogP contribution in [0.15, 0.2) is 41.0 Å². The van der Waals surface area contributed by atoms with Gasteiger partial charge in [-0.3, -0.25) is 9.69 Å². The second kappa shape index (κ2) is 6.77. The Hall–Kier alpha value is -2.14. The molecule has 0 aliphatic heterocycles. The van der Waals surface area contributed by atoms with Crippen LogP contribution in [0.25, 0.3) is 10.2 Å². The molecule has 126 valence electrons. The van der Waals surface area contributed by atoms with Gasteiger partial charge in [-0.25, -0.2) is 4.98 Å². The van der Waals surface area contributed by atoms with Crippen LogP contribution in [0.3, 0.4) is 0 Å². The van der Waals surface area contributed by atoms with E-state index in [1.165, 1.54) is 5.56 Å². The summed E-state index contributed by atoms with van der Waals surface area (Å²) in [6.45, 7) is 8.54. The van der Waals surface area contributed by atoms with Crippen molar-refractivity contribution in [2.45, 2.75) is 40.2 Å². The highest BCUT2D eigenvalue weighted by Crippen LogP contribution is 2.34. The van der Waals surface area contributed by atoms with Gasteiger partial charge < -0.3 is 4.42 Å². The van der Waals surface area contributed by atoms with Crippen molar-refractivity contribution in [2.24, 2.45) is 5.92 Å². The van der Waals surface area contributed by atoms with Crippen LogP contribution in [0, 0.1) is 5.92 Å². The Labute approximate surface area is 146 Å². The number of hydrogen-bond acceptors (Lipinski definition) is 4. The van der Waals surface area contributed by atoms with Crippen LogP contribution in [-0.2, 0) is 11.3 Å². The number of hydrogen-bond donors (Lipinski definition) is 0. The summed E-state index contributed by atoms with van der Waals surface area (Å²) in [4.78, 5) is 19.3. The van der Waals surface area contributed by atoms with E-state index in [0.717, 1.165) is 21.1 Å². The zero-order valence-electron chi connectivity index (χ0n) is 14.4. The van der Waals surface area contributed by atoms with E-state index in [2.05, 4.69) is 32.0 Å². The zero-order valence-corrected chi connectivity index (χ0v) is 15.3. The molecule has 3 rings (SSSR count). The molecular formula is C19H22N2O2S. The molecule has 2 aromatic heterocycles. The summed E-state index contributed by atoms with van der Waals surface area (Å²) in [5.41, 5.74) is 2.21. The van der Waals surface area contributed by atoms with Crippen molar-refractivity contribution in [1.82, 2.24) is 4.98 Å². The highest BCUT2D eigenvalue weighted by molar-refractivity contribution is 7.22. The third-order valence-corrected chi connectivity index (χ3v) is 4.99. The number of thiazole rings is 1. The van der Waals surface area contributed by atoms with Crippen LogP contribution < -0.4 is 4.90 Å². The summed E-state index contributed by atoms with van der Waals surface area (Å²) >= 11 is 1.56. The van der Waals surface area contributed by atoms with Crippen LogP contribution >= 0.6 is 11.3 Å². The minimum Gasteiger partial charge on any atom is -0.467 e. The first-order valence-corrected chi connectivity index (χ1v) is 9.02. The maximum absolute atomic E-state index is 12.7. The van der Waals surface area contributed by atoms with Gasteiger partial charge in [0.2, 0.25) is 5.91 Å². The van der Waals surface area contributed by atoms with Crippen LogP contribution in [0.1, 0.15) is 44.9 Å². The molecule has 5 heteroatoms. The van der Waals surface area contributed by atoms with E-state index >= 15 is 0 Å². The normalized spacial score (nSPS) is 11.6. The Balaban J connectivity index is 2.05. The minimum absolute atomic E-state index is 0.0524. The van der Waals surface area contributed by atoms with Gasteiger partial charge in [0.05, 0.1) is 23.0 Å². The van der Waals surface area contributed by atoms with Crippen LogP contribution in [0.2, 0.25) is 0 Å². The molecular weight excluding hydrogens is 320 g/mol. The van der Waals surface area contributed by atoms with E-state index in [4.69, 9.17) is 9.40 Å². The van der Waals surface area contributed by atoms with Crippen LogP contribution in [-0.4, -0.2) is 10.9 Å². The number of aromatic nitrogens is 1. The molecule has 0 spiro atoms. The Morgan fingerprint density at radius 3 is 2.62 bits per heavy atom. The summed E-state index contributed by atoms with van der Waals surface area (Å²) in [5, 5.41) is 0.730. The molecule has 0 fully saturated rings. The minimum atomic E-state index is -0.100. The van der Waals surface area contributed by atoms with Crippen molar-refractivity contribution in [3.63, 3.8) is 0 Å². The number of benzene rings is 1. The van der Waals surface area contributed by atoms with E-state index in [0.29, 0.717) is 12.5 Å². The molecule has 0 aliphatic carbocycles. The molecule has 0 radical (unpaired) electrons. The van der Waals surface area contributed by atoms with Gasteiger partial charge in [-0.2, -0.15) is 0 Å². The number of anilines is 1. The Bertz CT molecular complexity index is 834. The van der Waals surface area contributed by atoms with E-state index in [-0.39, 0.29) is 11.8 Å². The molecule has 0 saturated heterocycles. The number of fused-ring (bicyclic) bond motifs is 1. The molecule has 0 unspecified atom stereocenters. The van der Waals surface area contributed by atoms with Crippen molar-refractivity contribution < 1.29 is 9.21 Å². The zero-order chi connectivity index (χ0) is 17.3. The predicted octanol–water partition coefficient (Wildman–Crippen LogP) is 5.20.